The highest BCUT2D eigenvalue weighted by atomic mass is 32.2. The van der Waals surface area contributed by atoms with E-state index >= 15 is 0 Å². The van der Waals surface area contributed by atoms with Crippen molar-refractivity contribution in [3.05, 3.63) is 81.6 Å². The Bertz CT molecular complexity index is 1390. The maximum Gasteiger partial charge on any atom is 0.283 e. The minimum atomic E-state index is -0.361. The van der Waals surface area contributed by atoms with Gasteiger partial charge < -0.3 is 5.73 Å². The molecule has 0 radical (unpaired) electrons. The van der Waals surface area contributed by atoms with Crippen LogP contribution < -0.4 is 11.3 Å². The van der Waals surface area contributed by atoms with Gasteiger partial charge in [-0.25, -0.2) is 0 Å². The third kappa shape index (κ3) is 3.34. The average molecular weight is 432 g/mol. The molecule has 8 heteroatoms. The molecule has 6 nitrogen and oxygen atoms in total. The highest BCUT2D eigenvalue weighted by Gasteiger charge is 2.20. The van der Waals surface area contributed by atoms with Crippen molar-refractivity contribution in [3.63, 3.8) is 0 Å². The van der Waals surface area contributed by atoms with E-state index in [0.29, 0.717) is 10.5 Å². The number of allylic oxidation sites excluding steroid dienone is 1. The van der Waals surface area contributed by atoms with Gasteiger partial charge in [0.1, 0.15) is 5.82 Å². The first-order valence-corrected chi connectivity index (χ1v) is 11.1. The predicted molar refractivity (Wildman–Crippen MR) is 125 cm³/mol. The van der Waals surface area contributed by atoms with Gasteiger partial charge in [-0.05, 0) is 24.6 Å². The molecule has 0 unspecified atom stereocenters. The zero-order chi connectivity index (χ0) is 20.7. The molecule has 0 amide bonds. The number of hydrogen-bond donors (Lipinski definition) is 1. The summed E-state index contributed by atoms with van der Waals surface area (Å²) in [5.74, 6) is 1.08. The van der Waals surface area contributed by atoms with Crippen LogP contribution in [0.1, 0.15) is 23.6 Å². The van der Waals surface area contributed by atoms with E-state index in [1.165, 1.54) is 16.9 Å². The Kier molecular flexibility index (Phi) is 4.72. The van der Waals surface area contributed by atoms with Gasteiger partial charge in [0.25, 0.3) is 5.56 Å². The number of para-hydroxylation sites is 1. The number of thioether (sulfide) groups is 1. The van der Waals surface area contributed by atoms with Crippen LogP contribution in [0.3, 0.4) is 0 Å². The van der Waals surface area contributed by atoms with Crippen molar-refractivity contribution in [3.8, 4) is 0 Å². The molecule has 0 saturated carbocycles. The van der Waals surface area contributed by atoms with Crippen LogP contribution >= 0.6 is 23.1 Å². The Morgan fingerprint density at radius 2 is 1.90 bits per heavy atom. The van der Waals surface area contributed by atoms with Gasteiger partial charge in [-0.15, -0.1) is 5.10 Å². The van der Waals surface area contributed by atoms with E-state index in [0.717, 1.165) is 32.6 Å². The zero-order valence-electron chi connectivity index (χ0n) is 16.1. The van der Waals surface area contributed by atoms with Crippen LogP contribution in [0.4, 0.5) is 11.5 Å². The summed E-state index contributed by atoms with van der Waals surface area (Å²) >= 11 is 2.96. The first kappa shape index (κ1) is 18.8. The van der Waals surface area contributed by atoms with Gasteiger partial charge >= 0.3 is 0 Å². The van der Waals surface area contributed by atoms with Crippen LogP contribution in [0.25, 0.3) is 16.6 Å². The number of nitrogens with two attached hydrogens (primary N) is 1. The van der Waals surface area contributed by atoms with E-state index in [1.807, 2.05) is 49.4 Å². The minimum absolute atomic E-state index is 0.289. The molecule has 4 aromatic rings. The number of aliphatic imine (C=N–C) groups is 1. The second-order valence-corrected chi connectivity index (χ2v) is 9.00. The first-order chi connectivity index (χ1) is 14.6. The van der Waals surface area contributed by atoms with Gasteiger partial charge in [0.2, 0.25) is 4.96 Å². The third-order valence-electron chi connectivity index (χ3n) is 4.84. The molecule has 1 aliphatic heterocycles. The highest BCUT2D eigenvalue weighted by molar-refractivity contribution is 8.00. The topological polar surface area (TPSA) is 85.6 Å². The van der Waals surface area contributed by atoms with Gasteiger partial charge in [0.05, 0.1) is 11.3 Å². The van der Waals surface area contributed by atoms with E-state index in [-0.39, 0.29) is 11.4 Å². The number of rotatable bonds is 4. The summed E-state index contributed by atoms with van der Waals surface area (Å²) in [7, 11) is 0. The molecule has 0 aliphatic carbocycles. The molecule has 0 atom stereocenters. The standard InChI is InChI=1S/C22H17N5OS2/c1-13-16(15-9-5-6-10-18(15)24-13)11-17-19(23)27-21(25-20(17)28)30-22(26-27)29-12-14-7-3-2-4-8-14/h2-11H,12,23H2,1H3. The lowest BCUT2D eigenvalue weighted by Crippen LogP contribution is -2.17. The lowest BCUT2D eigenvalue weighted by atomic mass is 10.0. The largest absolute Gasteiger partial charge is 0.383 e. The molecule has 148 valence electrons. The number of fused-ring (bicyclic) bond motifs is 2. The average Bonchev–Trinajstić information content (AvgIpc) is 3.30. The molecular weight excluding hydrogens is 414 g/mol. The second kappa shape index (κ2) is 7.55. The molecule has 3 heterocycles. The maximum atomic E-state index is 12.7. The molecule has 2 aromatic heterocycles. The maximum absolute atomic E-state index is 12.7. The van der Waals surface area contributed by atoms with Crippen LogP contribution in [-0.4, -0.2) is 20.3 Å². The number of hydrogen-bond acceptors (Lipinski definition) is 7. The molecule has 0 bridgehead atoms. The summed E-state index contributed by atoms with van der Waals surface area (Å²) < 4.78 is 2.37. The van der Waals surface area contributed by atoms with Gasteiger partial charge in [0.15, 0.2) is 4.34 Å². The SMILES string of the molecule is CC1=Nc2ccccc2C1=Cc1c(N)n2nc(SCc3ccccc3)sc2nc1=O. The Balaban J connectivity index is 1.53. The molecule has 30 heavy (non-hydrogen) atoms. The summed E-state index contributed by atoms with van der Waals surface area (Å²) in [5.41, 5.74) is 11.1. The third-order valence-corrected chi connectivity index (χ3v) is 6.95. The van der Waals surface area contributed by atoms with Crippen molar-refractivity contribution in [1.82, 2.24) is 14.6 Å². The molecule has 2 aromatic carbocycles. The van der Waals surface area contributed by atoms with Crippen LogP contribution in [0, 0.1) is 0 Å². The number of aromatic nitrogens is 3. The van der Waals surface area contributed by atoms with Crippen molar-refractivity contribution in [2.24, 2.45) is 4.99 Å². The van der Waals surface area contributed by atoms with E-state index in [2.05, 4.69) is 27.2 Å². The lowest BCUT2D eigenvalue weighted by Gasteiger charge is -2.04. The Morgan fingerprint density at radius 3 is 2.73 bits per heavy atom. The Hall–Kier alpha value is -3.23. The molecule has 1 aliphatic rings. The van der Waals surface area contributed by atoms with Crippen LogP contribution in [0.2, 0.25) is 0 Å². The molecule has 0 spiro atoms. The summed E-state index contributed by atoms with van der Waals surface area (Å²) in [6.07, 6.45) is 1.78. The second-order valence-electron chi connectivity index (χ2n) is 6.82. The van der Waals surface area contributed by atoms with Crippen molar-refractivity contribution < 1.29 is 0 Å². The van der Waals surface area contributed by atoms with Crippen molar-refractivity contribution in [2.45, 2.75) is 17.0 Å². The van der Waals surface area contributed by atoms with E-state index in [9.17, 15) is 4.79 Å². The predicted octanol–water partition coefficient (Wildman–Crippen LogP) is 4.67. The van der Waals surface area contributed by atoms with Crippen molar-refractivity contribution in [2.75, 3.05) is 5.73 Å². The van der Waals surface area contributed by atoms with Crippen LogP contribution in [-0.2, 0) is 5.75 Å². The van der Waals surface area contributed by atoms with E-state index in [4.69, 9.17) is 5.73 Å². The smallest absolute Gasteiger partial charge is 0.283 e. The Morgan fingerprint density at radius 1 is 1.13 bits per heavy atom. The number of anilines is 1. The Labute approximate surface area is 180 Å². The van der Waals surface area contributed by atoms with Gasteiger partial charge in [-0.1, -0.05) is 71.6 Å². The molecule has 5 rings (SSSR count). The van der Waals surface area contributed by atoms with Gasteiger partial charge in [0, 0.05) is 22.6 Å². The quantitative estimate of drug-likeness (QED) is 0.475. The summed E-state index contributed by atoms with van der Waals surface area (Å²) in [5, 5.41) is 4.58. The summed E-state index contributed by atoms with van der Waals surface area (Å²) in [6, 6.07) is 18.0. The van der Waals surface area contributed by atoms with E-state index < -0.39 is 0 Å². The molecule has 0 saturated heterocycles. The normalized spacial score (nSPS) is 14.3. The number of nitrogens with zero attached hydrogens (tertiary/aromatic N) is 4. The fourth-order valence-electron chi connectivity index (χ4n) is 3.34. The highest BCUT2D eigenvalue weighted by Crippen LogP contribution is 2.36. The van der Waals surface area contributed by atoms with Crippen molar-refractivity contribution in [1.29, 1.82) is 0 Å². The number of nitrogen functional groups attached to an aromatic ring is 1. The monoisotopic (exact) mass is 431 g/mol. The van der Waals surface area contributed by atoms with Crippen LogP contribution in [0.15, 0.2) is 68.7 Å². The summed E-state index contributed by atoms with van der Waals surface area (Å²) in [6.45, 7) is 1.92. The summed E-state index contributed by atoms with van der Waals surface area (Å²) in [4.78, 5) is 22.0. The van der Waals surface area contributed by atoms with Crippen molar-refractivity contribution >= 4 is 56.9 Å². The zero-order valence-corrected chi connectivity index (χ0v) is 17.7. The number of benzene rings is 2. The fourth-order valence-corrected chi connectivity index (χ4v) is 5.23. The van der Waals surface area contributed by atoms with Gasteiger partial charge in [-0.2, -0.15) is 9.50 Å². The molecule has 2 N–H and O–H groups in total. The first-order valence-electron chi connectivity index (χ1n) is 9.33. The van der Waals surface area contributed by atoms with Crippen LogP contribution in [0.5, 0.6) is 0 Å². The fraction of sp³-hybridized carbons (Fsp3) is 0.0909. The lowest BCUT2D eigenvalue weighted by molar-refractivity contribution is 0.894. The molecule has 0 fully saturated rings. The van der Waals surface area contributed by atoms with Gasteiger partial charge in [-0.3, -0.25) is 9.79 Å². The molecular formula is C22H17N5OS2. The van der Waals surface area contributed by atoms with E-state index in [1.54, 1.807) is 22.4 Å². The minimum Gasteiger partial charge on any atom is -0.383 e.